The molecule has 0 atom stereocenters. The molecular weight excluding hydrogens is 333 g/mol. The zero-order chi connectivity index (χ0) is 15.5. The number of sulfonamides is 1. The quantitative estimate of drug-likeness (QED) is 0.875. The van der Waals surface area contributed by atoms with E-state index in [9.17, 15) is 8.42 Å². The van der Waals surface area contributed by atoms with E-state index < -0.39 is 10.0 Å². The van der Waals surface area contributed by atoms with E-state index in [4.69, 9.17) is 28.3 Å². The molecule has 0 saturated carbocycles. The van der Waals surface area contributed by atoms with E-state index in [1.54, 1.807) is 24.3 Å². The molecule has 7 heteroatoms. The summed E-state index contributed by atoms with van der Waals surface area (Å²) in [7, 11) is -3.68. The van der Waals surface area contributed by atoms with Crippen LogP contribution in [0.3, 0.4) is 0 Å². The number of rotatable bonds is 5. The maximum atomic E-state index is 12.2. The summed E-state index contributed by atoms with van der Waals surface area (Å²) in [5, 5.41) is 10.0. The zero-order valence-corrected chi connectivity index (χ0v) is 13.2. The Balaban J connectivity index is 2.18. The van der Waals surface area contributed by atoms with Crippen molar-refractivity contribution in [1.29, 1.82) is 0 Å². The number of aliphatic hydroxyl groups is 1. The van der Waals surface area contributed by atoms with Crippen molar-refractivity contribution in [2.45, 2.75) is 18.0 Å². The van der Waals surface area contributed by atoms with Gasteiger partial charge in [-0.1, -0.05) is 35.3 Å². The van der Waals surface area contributed by atoms with Gasteiger partial charge < -0.3 is 5.11 Å². The van der Waals surface area contributed by atoms with E-state index in [-0.39, 0.29) is 18.0 Å². The summed E-state index contributed by atoms with van der Waals surface area (Å²) in [6.45, 7) is -0.198. The van der Waals surface area contributed by atoms with Gasteiger partial charge in [0.1, 0.15) is 0 Å². The predicted octanol–water partition coefficient (Wildman–Crippen LogP) is 2.96. The Morgan fingerprint density at radius 1 is 1.10 bits per heavy atom. The SMILES string of the molecule is O=S(=O)(NCc1cccc(Cl)c1)c1ccc(Cl)c(CO)c1. The largest absolute Gasteiger partial charge is 0.392 e. The normalized spacial score (nSPS) is 11.6. The Bertz CT molecular complexity index is 748. The molecule has 0 spiro atoms. The summed E-state index contributed by atoms with van der Waals surface area (Å²) < 4.78 is 26.9. The highest BCUT2D eigenvalue weighted by atomic mass is 35.5. The monoisotopic (exact) mass is 345 g/mol. The molecule has 0 unspecified atom stereocenters. The third-order valence-electron chi connectivity index (χ3n) is 2.85. The van der Waals surface area contributed by atoms with Gasteiger partial charge in [0.15, 0.2) is 0 Å². The van der Waals surface area contributed by atoms with Crippen LogP contribution in [0.15, 0.2) is 47.4 Å². The minimum atomic E-state index is -3.68. The van der Waals surface area contributed by atoms with Gasteiger partial charge in [-0.2, -0.15) is 0 Å². The molecule has 0 aromatic heterocycles. The predicted molar refractivity (Wildman–Crippen MR) is 82.9 cm³/mol. The first kappa shape index (κ1) is 16.3. The molecule has 0 radical (unpaired) electrons. The maximum Gasteiger partial charge on any atom is 0.240 e. The Kier molecular flexibility index (Phi) is 5.24. The Hall–Kier alpha value is -1.11. The van der Waals surface area contributed by atoms with Gasteiger partial charge in [-0.25, -0.2) is 13.1 Å². The fourth-order valence-electron chi connectivity index (χ4n) is 1.75. The van der Waals surface area contributed by atoms with E-state index in [0.29, 0.717) is 15.6 Å². The minimum absolute atomic E-state index is 0.0537. The average Bonchev–Trinajstić information content (AvgIpc) is 2.46. The third-order valence-corrected chi connectivity index (χ3v) is 4.86. The number of benzene rings is 2. The minimum Gasteiger partial charge on any atom is -0.392 e. The average molecular weight is 346 g/mol. The molecular formula is C14H13Cl2NO3S. The molecule has 21 heavy (non-hydrogen) atoms. The number of hydrogen-bond donors (Lipinski definition) is 2. The Morgan fingerprint density at radius 3 is 2.52 bits per heavy atom. The van der Waals surface area contributed by atoms with E-state index in [0.717, 1.165) is 5.56 Å². The summed E-state index contributed by atoms with van der Waals surface area (Å²) in [6.07, 6.45) is 0. The molecule has 0 bridgehead atoms. The van der Waals surface area contributed by atoms with Crippen LogP contribution in [-0.4, -0.2) is 13.5 Å². The molecule has 4 nitrogen and oxygen atoms in total. The first-order valence-electron chi connectivity index (χ1n) is 6.06. The van der Waals surface area contributed by atoms with Crippen molar-refractivity contribution in [2.24, 2.45) is 0 Å². The zero-order valence-electron chi connectivity index (χ0n) is 10.9. The van der Waals surface area contributed by atoms with E-state index in [1.807, 2.05) is 0 Å². The summed E-state index contributed by atoms with van der Waals surface area (Å²) in [4.78, 5) is 0.0537. The molecule has 2 aromatic carbocycles. The van der Waals surface area contributed by atoms with Crippen LogP contribution < -0.4 is 4.72 Å². The van der Waals surface area contributed by atoms with E-state index >= 15 is 0 Å². The van der Waals surface area contributed by atoms with Crippen LogP contribution in [0.1, 0.15) is 11.1 Å². The lowest BCUT2D eigenvalue weighted by atomic mass is 10.2. The summed E-state index contributed by atoms with van der Waals surface area (Å²) in [5.41, 5.74) is 1.12. The molecule has 0 saturated heterocycles. The molecule has 2 aromatic rings. The molecule has 0 aliphatic heterocycles. The van der Waals surface area contributed by atoms with Crippen molar-refractivity contribution in [2.75, 3.05) is 0 Å². The lowest BCUT2D eigenvalue weighted by Crippen LogP contribution is -2.23. The van der Waals surface area contributed by atoms with Crippen LogP contribution in [0.5, 0.6) is 0 Å². The van der Waals surface area contributed by atoms with Gasteiger partial charge in [-0.3, -0.25) is 0 Å². The number of halogens is 2. The molecule has 2 rings (SSSR count). The smallest absolute Gasteiger partial charge is 0.240 e. The second-order valence-corrected chi connectivity index (χ2v) is 6.98. The first-order valence-corrected chi connectivity index (χ1v) is 8.29. The van der Waals surface area contributed by atoms with Gasteiger partial charge in [0.25, 0.3) is 0 Å². The molecule has 2 N–H and O–H groups in total. The lowest BCUT2D eigenvalue weighted by molar-refractivity contribution is 0.281. The van der Waals surface area contributed by atoms with Crippen molar-refractivity contribution in [3.63, 3.8) is 0 Å². The van der Waals surface area contributed by atoms with Crippen molar-refractivity contribution >= 4 is 33.2 Å². The van der Waals surface area contributed by atoms with Gasteiger partial charge in [-0.15, -0.1) is 0 Å². The van der Waals surface area contributed by atoms with Crippen LogP contribution in [0.4, 0.5) is 0 Å². The number of aliphatic hydroxyl groups excluding tert-OH is 1. The van der Waals surface area contributed by atoms with Gasteiger partial charge in [0.2, 0.25) is 10.0 Å². The Labute approximate surface area is 133 Å². The molecule has 0 heterocycles. The highest BCUT2D eigenvalue weighted by Crippen LogP contribution is 2.20. The van der Waals surface area contributed by atoms with E-state index in [2.05, 4.69) is 4.72 Å². The summed E-state index contributed by atoms with van der Waals surface area (Å²) >= 11 is 11.7. The molecule has 0 amide bonds. The van der Waals surface area contributed by atoms with Crippen LogP contribution in [-0.2, 0) is 23.2 Å². The standard InChI is InChI=1S/C14H13Cl2NO3S/c15-12-3-1-2-10(6-12)8-17-21(19,20)13-4-5-14(16)11(7-13)9-18/h1-7,17-18H,8-9H2. The number of nitrogens with one attached hydrogen (secondary N) is 1. The first-order chi connectivity index (χ1) is 9.92. The second kappa shape index (κ2) is 6.77. The molecule has 0 aliphatic carbocycles. The summed E-state index contributed by atoms with van der Waals surface area (Å²) in [5.74, 6) is 0. The van der Waals surface area contributed by atoms with Crippen LogP contribution in [0.25, 0.3) is 0 Å². The lowest BCUT2D eigenvalue weighted by Gasteiger charge is -2.09. The van der Waals surface area contributed by atoms with Gasteiger partial charge in [0.05, 0.1) is 11.5 Å². The van der Waals surface area contributed by atoms with Crippen LogP contribution in [0.2, 0.25) is 10.0 Å². The van der Waals surface area contributed by atoms with Gasteiger partial charge >= 0.3 is 0 Å². The van der Waals surface area contributed by atoms with Crippen molar-refractivity contribution in [3.8, 4) is 0 Å². The third kappa shape index (κ3) is 4.18. The molecule has 0 aliphatic rings. The fourth-order valence-corrected chi connectivity index (χ4v) is 3.21. The van der Waals surface area contributed by atoms with Gasteiger partial charge in [0, 0.05) is 16.6 Å². The highest BCUT2D eigenvalue weighted by molar-refractivity contribution is 7.89. The van der Waals surface area contributed by atoms with Crippen LogP contribution in [0, 0.1) is 0 Å². The van der Waals surface area contributed by atoms with Crippen molar-refractivity contribution in [1.82, 2.24) is 4.72 Å². The van der Waals surface area contributed by atoms with E-state index in [1.165, 1.54) is 18.2 Å². The second-order valence-electron chi connectivity index (χ2n) is 4.37. The topological polar surface area (TPSA) is 66.4 Å². The fraction of sp³-hybridized carbons (Fsp3) is 0.143. The van der Waals surface area contributed by atoms with Crippen molar-refractivity contribution < 1.29 is 13.5 Å². The Morgan fingerprint density at radius 2 is 1.86 bits per heavy atom. The van der Waals surface area contributed by atoms with Crippen LogP contribution >= 0.6 is 23.2 Å². The van der Waals surface area contributed by atoms with Gasteiger partial charge in [-0.05, 0) is 41.5 Å². The maximum absolute atomic E-state index is 12.2. The molecule has 112 valence electrons. The summed E-state index contributed by atoms with van der Waals surface area (Å²) in [6, 6.07) is 11.1. The number of hydrogen-bond acceptors (Lipinski definition) is 3. The van der Waals surface area contributed by atoms with Crippen molar-refractivity contribution in [3.05, 3.63) is 63.6 Å². The highest BCUT2D eigenvalue weighted by Gasteiger charge is 2.15. The molecule has 0 fully saturated rings.